The van der Waals surface area contributed by atoms with Gasteiger partial charge < -0.3 is 9.64 Å². The van der Waals surface area contributed by atoms with Crippen molar-refractivity contribution in [1.82, 2.24) is 29.3 Å². The minimum Gasteiger partial charge on any atom is -0.476 e. The van der Waals surface area contributed by atoms with Crippen molar-refractivity contribution in [3.63, 3.8) is 0 Å². The van der Waals surface area contributed by atoms with Crippen molar-refractivity contribution < 1.29 is 31.1 Å². The summed E-state index contributed by atoms with van der Waals surface area (Å²) in [7, 11) is -4.22. The van der Waals surface area contributed by atoms with Crippen LogP contribution in [0.5, 0.6) is 5.88 Å². The van der Waals surface area contributed by atoms with Gasteiger partial charge in [0.1, 0.15) is 22.3 Å². The number of halogens is 3. The highest BCUT2D eigenvalue weighted by Gasteiger charge is 2.48. The van der Waals surface area contributed by atoms with Crippen molar-refractivity contribution in [1.29, 1.82) is 0 Å². The van der Waals surface area contributed by atoms with Gasteiger partial charge in [-0.2, -0.15) is 18.3 Å². The molecule has 1 aliphatic rings. The van der Waals surface area contributed by atoms with Gasteiger partial charge in [-0.3, -0.25) is 9.48 Å². The molecule has 0 radical (unpaired) electrons. The molecular weight excluding hydrogens is 619 g/mol. The number of anilines is 1. The van der Waals surface area contributed by atoms with Crippen molar-refractivity contribution in [2.45, 2.75) is 62.7 Å². The standard InChI is InChI=1S/C28H40F3N7O4S2/c1-18-14-27(4,5)37(15-18)23-19(24(39)35-44(40,41)20-16-36(6)34-25(20)43(7,8)9)10-11-21(32-23)38-13-12-22(33-38)42-17-26(2,3)28(29,30)31/h10-13,16,18H,14-15,17H2,1-9H3,(H,35,39)/t18-/m0/s1. The molecule has 0 spiro atoms. The first-order valence-electron chi connectivity index (χ1n) is 13.9. The molecule has 1 atom stereocenters. The quantitative estimate of drug-likeness (QED) is 0.349. The van der Waals surface area contributed by atoms with Crippen LogP contribution >= 0.6 is 10.0 Å². The Kier molecular flexibility index (Phi) is 8.61. The summed E-state index contributed by atoms with van der Waals surface area (Å²) in [6.07, 6.45) is 4.96. The van der Waals surface area contributed by atoms with E-state index in [9.17, 15) is 26.4 Å². The molecule has 11 nitrogen and oxygen atoms in total. The second kappa shape index (κ2) is 11.3. The van der Waals surface area contributed by atoms with Gasteiger partial charge in [0.2, 0.25) is 5.88 Å². The van der Waals surface area contributed by atoms with E-state index >= 15 is 0 Å². The van der Waals surface area contributed by atoms with Crippen LogP contribution in [-0.4, -0.2) is 82.5 Å². The number of pyridine rings is 1. The van der Waals surface area contributed by atoms with E-state index in [0.29, 0.717) is 11.6 Å². The fraction of sp³-hybridized carbons (Fsp3) is 0.571. The molecular formula is C28H40F3N7O4S2. The largest absolute Gasteiger partial charge is 0.476 e. The van der Waals surface area contributed by atoms with Gasteiger partial charge in [-0.05, 0) is 70.9 Å². The highest BCUT2D eigenvalue weighted by molar-refractivity contribution is 8.32. The van der Waals surface area contributed by atoms with Crippen molar-refractivity contribution in [2.75, 3.05) is 36.8 Å². The predicted octanol–water partition coefficient (Wildman–Crippen LogP) is 4.76. The summed E-state index contributed by atoms with van der Waals surface area (Å²) >= 11 is 0. The van der Waals surface area contributed by atoms with Crippen LogP contribution in [0.1, 0.15) is 51.4 Å². The summed E-state index contributed by atoms with van der Waals surface area (Å²) in [5, 5.41) is 8.99. The highest BCUT2D eigenvalue weighted by Crippen LogP contribution is 2.47. The summed E-state index contributed by atoms with van der Waals surface area (Å²) in [5.41, 5.74) is -2.45. The number of aromatic nitrogens is 5. The van der Waals surface area contributed by atoms with E-state index in [1.807, 2.05) is 37.5 Å². The lowest BCUT2D eigenvalue weighted by Gasteiger charge is -2.34. The number of sulfonamides is 1. The molecule has 3 aromatic heterocycles. The van der Waals surface area contributed by atoms with Gasteiger partial charge >= 0.3 is 6.18 Å². The minimum atomic E-state index is -4.46. The van der Waals surface area contributed by atoms with Crippen LogP contribution in [0, 0.1) is 11.3 Å². The monoisotopic (exact) mass is 659 g/mol. The molecule has 0 saturated carbocycles. The van der Waals surface area contributed by atoms with E-state index in [0.717, 1.165) is 20.3 Å². The average molecular weight is 660 g/mol. The smallest absolute Gasteiger partial charge is 0.397 e. The Morgan fingerprint density at radius 2 is 1.80 bits per heavy atom. The first-order chi connectivity index (χ1) is 20.0. The molecule has 1 fully saturated rings. The lowest BCUT2D eigenvalue weighted by molar-refractivity contribution is -0.219. The Morgan fingerprint density at radius 3 is 2.36 bits per heavy atom. The zero-order valence-electron chi connectivity index (χ0n) is 26.4. The first kappa shape index (κ1) is 33.6. The molecule has 1 saturated heterocycles. The van der Waals surface area contributed by atoms with Crippen molar-refractivity contribution >= 4 is 31.8 Å². The maximum absolute atomic E-state index is 13.7. The number of aryl methyl sites for hydroxylation is 1. The summed E-state index contributed by atoms with van der Waals surface area (Å²) in [5.74, 6) is -0.0856. The number of amides is 1. The van der Waals surface area contributed by atoms with Crippen LogP contribution in [0.3, 0.4) is 0 Å². The van der Waals surface area contributed by atoms with Gasteiger partial charge in [0.05, 0.1) is 11.0 Å². The van der Waals surface area contributed by atoms with Gasteiger partial charge in [-0.1, -0.05) is 6.92 Å². The second-order valence-electron chi connectivity index (χ2n) is 13.3. The van der Waals surface area contributed by atoms with Crippen molar-refractivity contribution in [3.05, 3.63) is 36.2 Å². The molecule has 4 rings (SSSR count). The fourth-order valence-electron chi connectivity index (χ4n) is 5.04. The van der Waals surface area contributed by atoms with Gasteiger partial charge in [0.25, 0.3) is 15.9 Å². The number of hydrogen-bond donors (Lipinski definition) is 1. The summed E-state index contributed by atoms with van der Waals surface area (Å²) < 4.78 is 77.1. The SMILES string of the molecule is C[C@@H]1CN(c2nc(-n3ccc(OCC(C)(C)C(F)(F)F)n3)ccc2C(=O)NS(=O)(=O)c2cn(C)nc2S(C)(C)C)C(C)(C)C1. The zero-order valence-corrected chi connectivity index (χ0v) is 28.0. The number of ether oxygens (including phenoxy) is 1. The van der Waals surface area contributed by atoms with E-state index in [4.69, 9.17) is 9.72 Å². The molecule has 0 unspecified atom stereocenters. The maximum atomic E-state index is 13.7. The van der Waals surface area contributed by atoms with E-state index in [1.54, 1.807) is 7.05 Å². The Balaban J connectivity index is 1.70. The molecule has 1 aliphatic heterocycles. The lowest BCUT2D eigenvalue weighted by Crippen LogP contribution is -2.41. The van der Waals surface area contributed by atoms with E-state index in [-0.39, 0.29) is 33.9 Å². The van der Waals surface area contributed by atoms with E-state index in [1.165, 1.54) is 40.0 Å². The van der Waals surface area contributed by atoms with E-state index in [2.05, 4.69) is 21.8 Å². The van der Waals surface area contributed by atoms with Gasteiger partial charge in [-0.15, -0.1) is 5.10 Å². The average Bonchev–Trinajstić information content (AvgIpc) is 3.58. The molecule has 1 N–H and O–H groups in total. The Hall–Kier alpha value is -3.27. The molecule has 244 valence electrons. The normalized spacial score (nSPS) is 18.0. The van der Waals surface area contributed by atoms with Crippen molar-refractivity contribution in [3.8, 4) is 11.7 Å². The number of nitrogens with zero attached hydrogens (tertiary/aromatic N) is 6. The molecule has 3 aromatic rings. The Labute approximate surface area is 257 Å². The third kappa shape index (κ3) is 6.85. The second-order valence-corrected chi connectivity index (χ2v) is 19.0. The number of carbonyl (C=O) groups excluding carboxylic acids is 1. The third-order valence-electron chi connectivity index (χ3n) is 7.44. The van der Waals surface area contributed by atoms with Crippen LogP contribution in [0.15, 0.2) is 40.5 Å². The van der Waals surface area contributed by atoms with Gasteiger partial charge in [-0.25, -0.2) is 32.8 Å². The van der Waals surface area contributed by atoms with Crippen LogP contribution in [-0.2, 0) is 17.1 Å². The Morgan fingerprint density at radius 1 is 1.14 bits per heavy atom. The number of alkyl halides is 3. The summed E-state index contributed by atoms with van der Waals surface area (Å²) in [4.78, 5) is 20.3. The number of nitrogens with one attached hydrogen (secondary N) is 1. The molecule has 1 amide bonds. The van der Waals surface area contributed by atoms with Crippen LogP contribution in [0.25, 0.3) is 5.82 Å². The lowest BCUT2D eigenvalue weighted by atomic mass is 9.94. The zero-order chi connectivity index (χ0) is 33.0. The van der Waals surface area contributed by atoms with Gasteiger partial charge in [0, 0.05) is 37.6 Å². The van der Waals surface area contributed by atoms with Crippen LogP contribution < -0.4 is 14.4 Å². The maximum Gasteiger partial charge on any atom is 0.397 e. The fourth-order valence-corrected chi connectivity index (χ4v) is 8.18. The molecule has 16 heteroatoms. The number of rotatable bonds is 9. The van der Waals surface area contributed by atoms with Crippen LogP contribution in [0.2, 0.25) is 0 Å². The molecule has 0 bridgehead atoms. The minimum absolute atomic E-state index is 0.0260. The van der Waals surface area contributed by atoms with E-state index < -0.39 is 49.7 Å². The topological polar surface area (TPSA) is 124 Å². The highest BCUT2D eigenvalue weighted by atomic mass is 32.3. The van der Waals surface area contributed by atoms with Gasteiger partial charge in [0.15, 0.2) is 5.82 Å². The first-order valence-corrected chi connectivity index (χ1v) is 18.2. The van der Waals surface area contributed by atoms with Crippen LogP contribution in [0.4, 0.5) is 19.0 Å². The van der Waals surface area contributed by atoms with Crippen molar-refractivity contribution in [2.24, 2.45) is 18.4 Å². The number of hydrogen-bond acceptors (Lipinski definition) is 8. The molecule has 44 heavy (non-hydrogen) atoms. The third-order valence-corrected chi connectivity index (χ3v) is 10.4. The summed E-state index contributed by atoms with van der Waals surface area (Å²) in [6.45, 7) is 8.12. The molecule has 0 aromatic carbocycles. The number of carbonyl (C=O) groups is 1. The Bertz CT molecular complexity index is 1660. The summed E-state index contributed by atoms with van der Waals surface area (Å²) in [6, 6.07) is 4.38. The predicted molar refractivity (Wildman–Crippen MR) is 163 cm³/mol. The molecule has 0 aliphatic carbocycles. The molecule has 4 heterocycles.